The van der Waals surface area contributed by atoms with Gasteiger partial charge < -0.3 is 10.1 Å². The third kappa shape index (κ3) is 8.60. The summed E-state index contributed by atoms with van der Waals surface area (Å²) >= 11 is 0. The molecule has 0 aliphatic carbocycles. The van der Waals surface area contributed by atoms with Gasteiger partial charge in [-0.05, 0) is 25.7 Å². The van der Waals surface area contributed by atoms with Crippen molar-refractivity contribution in [2.45, 2.75) is 58.0 Å². The van der Waals surface area contributed by atoms with Crippen LogP contribution in [0.15, 0.2) is 24.3 Å². The lowest BCUT2D eigenvalue weighted by molar-refractivity contribution is -0.117. The number of ether oxygens (including phenoxy) is 1. The second-order valence-corrected chi connectivity index (χ2v) is 5.02. The lowest BCUT2D eigenvalue weighted by Crippen LogP contribution is -2.30. The fourth-order valence-corrected chi connectivity index (χ4v) is 2.09. The lowest BCUT2D eigenvalue weighted by atomic mass is 10.1. The van der Waals surface area contributed by atoms with E-state index >= 15 is 0 Å². The third-order valence-corrected chi connectivity index (χ3v) is 3.25. The molecule has 1 fully saturated rings. The molecule has 0 aromatic heterocycles. The van der Waals surface area contributed by atoms with Crippen molar-refractivity contribution in [2.24, 2.45) is 0 Å². The van der Waals surface area contributed by atoms with Gasteiger partial charge in [-0.3, -0.25) is 4.79 Å². The quantitative estimate of drug-likeness (QED) is 0.394. The summed E-state index contributed by atoms with van der Waals surface area (Å²) in [7, 11) is 0. The van der Waals surface area contributed by atoms with Crippen LogP contribution in [0.3, 0.4) is 0 Å². The molecule has 1 aliphatic rings. The van der Waals surface area contributed by atoms with Gasteiger partial charge in [-0.25, -0.2) is 0 Å². The summed E-state index contributed by atoms with van der Waals surface area (Å²) in [6.07, 6.45) is 16.1. The fourth-order valence-electron chi connectivity index (χ4n) is 2.09. The van der Waals surface area contributed by atoms with Crippen LogP contribution in [0.4, 0.5) is 0 Å². The maximum atomic E-state index is 11.5. The van der Waals surface area contributed by atoms with Gasteiger partial charge in [0.1, 0.15) is 0 Å². The van der Waals surface area contributed by atoms with Crippen molar-refractivity contribution in [3.63, 3.8) is 0 Å². The molecule has 1 saturated heterocycles. The topological polar surface area (TPSA) is 38.3 Å². The van der Waals surface area contributed by atoms with E-state index in [2.05, 4.69) is 18.3 Å². The van der Waals surface area contributed by atoms with Gasteiger partial charge in [-0.2, -0.15) is 0 Å². The molecule has 19 heavy (non-hydrogen) atoms. The third-order valence-electron chi connectivity index (χ3n) is 3.25. The van der Waals surface area contributed by atoms with Crippen LogP contribution in [-0.4, -0.2) is 25.2 Å². The molecule has 1 unspecified atom stereocenters. The average Bonchev–Trinajstić information content (AvgIpc) is 2.93. The Kier molecular flexibility index (Phi) is 9.07. The smallest absolute Gasteiger partial charge is 0.244 e. The number of nitrogens with one attached hydrogen (secondary N) is 1. The highest BCUT2D eigenvalue weighted by Gasteiger charge is 2.15. The van der Waals surface area contributed by atoms with E-state index in [1.54, 1.807) is 6.08 Å². The molecule has 0 aromatic carbocycles. The minimum atomic E-state index is -0.0360. The molecular weight excluding hydrogens is 238 g/mol. The summed E-state index contributed by atoms with van der Waals surface area (Å²) in [5.74, 6) is -0.0360. The van der Waals surface area contributed by atoms with Crippen molar-refractivity contribution in [3.8, 4) is 0 Å². The second-order valence-electron chi connectivity index (χ2n) is 5.02. The first-order chi connectivity index (χ1) is 9.33. The molecule has 1 N–H and O–H groups in total. The highest BCUT2D eigenvalue weighted by atomic mass is 16.5. The summed E-state index contributed by atoms with van der Waals surface area (Å²) in [6, 6.07) is 0. The number of rotatable bonds is 9. The molecule has 108 valence electrons. The molecule has 3 nitrogen and oxygen atoms in total. The molecule has 1 rings (SSSR count). The number of carbonyl (C=O) groups excluding carboxylic acids is 1. The van der Waals surface area contributed by atoms with Gasteiger partial charge in [0.2, 0.25) is 5.91 Å². The molecule has 3 heteroatoms. The average molecular weight is 265 g/mol. The maximum Gasteiger partial charge on any atom is 0.244 e. The zero-order chi connectivity index (χ0) is 13.8. The van der Waals surface area contributed by atoms with Gasteiger partial charge in [0.05, 0.1) is 6.10 Å². The molecule has 1 amide bonds. The Balaban J connectivity index is 2.00. The van der Waals surface area contributed by atoms with Crippen LogP contribution >= 0.6 is 0 Å². The number of hydrogen-bond donors (Lipinski definition) is 1. The normalized spacial score (nSPS) is 19.5. The van der Waals surface area contributed by atoms with Crippen molar-refractivity contribution in [2.75, 3.05) is 13.2 Å². The highest BCUT2D eigenvalue weighted by molar-refractivity contribution is 5.87. The van der Waals surface area contributed by atoms with Crippen molar-refractivity contribution < 1.29 is 9.53 Å². The first kappa shape index (κ1) is 16.0. The molecule has 0 spiro atoms. The number of hydrogen-bond acceptors (Lipinski definition) is 2. The maximum absolute atomic E-state index is 11.5. The summed E-state index contributed by atoms with van der Waals surface area (Å²) in [5, 5.41) is 2.86. The standard InChI is InChI=1S/C16H27NO2/c1-2-3-4-5-6-7-8-9-12-16(18)17-14-15-11-10-13-19-15/h7-9,12,15H,2-6,10-11,13-14H2,1H3,(H,17,18). The molecule has 1 atom stereocenters. The first-order valence-electron chi connectivity index (χ1n) is 7.55. The van der Waals surface area contributed by atoms with E-state index in [1.807, 2.05) is 12.2 Å². The van der Waals surface area contributed by atoms with E-state index in [0.717, 1.165) is 25.9 Å². The van der Waals surface area contributed by atoms with Crippen LogP contribution < -0.4 is 5.32 Å². The second kappa shape index (κ2) is 10.8. The van der Waals surface area contributed by atoms with Gasteiger partial charge in [-0.1, -0.05) is 44.4 Å². The summed E-state index contributed by atoms with van der Waals surface area (Å²) in [4.78, 5) is 11.5. The zero-order valence-corrected chi connectivity index (χ0v) is 12.1. The molecule has 1 heterocycles. The number of unbranched alkanes of at least 4 members (excludes halogenated alkanes) is 4. The van der Waals surface area contributed by atoms with Crippen LogP contribution in [0, 0.1) is 0 Å². The van der Waals surface area contributed by atoms with Crippen molar-refractivity contribution in [3.05, 3.63) is 24.3 Å². The molecule has 0 bridgehead atoms. The van der Waals surface area contributed by atoms with Gasteiger partial charge in [0, 0.05) is 19.2 Å². The van der Waals surface area contributed by atoms with Crippen molar-refractivity contribution in [1.29, 1.82) is 0 Å². The molecule has 1 aliphatic heterocycles. The Hall–Kier alpha value is -1.09. The Morgan fingerprint density at radius 1 is 1.32 bits per heavy atom. The number of amides is 1. The summed E-state index contributed by atoms with van der Waals surface area (Å²) < 4.78 is 5.44. The van der Waals surface area contributed by atoms with Gasteiger partial charge >= 0.3 is 0 Å². The van der Waals surface area contributed by atoms with E-state index in [9.17, 15) is 4.79 Å². The SMILES string of the molecule is CCCCCCC=CC=CC(=O)NCC1CCCO1. The van der Waals surface area contributed by atoms with Gasteiger partial charge in [0.15, 0.2) is 0 Å². The minimum absolute atomic E-state index is 0.0360. The number of carbonyl (C=O) groups is 1. The van der Waals surface area contributed by atoms with E-state index in [4.69, 9.17) is 4.74 Å². The minimum Gasteiger partial charge on any atom is -0.376 e. The predicted molar refractivity (Wildman–Crippen MR) is 79.0 cm³/mol. The van der Waals surface area contributed by atoms with Crippen molar-refractivity contribution >= 4 is 5.91 Å². The first-order valence-corrected chi connectivity index (χ1v) is 7.55. The Bertz CT molecular complexity index is 291. The Morgan fingerprint density at radius 3 is 2.95 bits per heavy atom. The van der Waals surface area contributed by atoms with E-state index in [0.29, 0.717) is 6.54 Å². The molecule has 0 radical (unpaired) electrons. The predicted octanol–water partition coefficient (Wildman–Crippen LogP) is 3.36. The highest BCUT2D eigenvalue weighted by Crippen LogP contribution is 2.10. The van der Waals surface area contributed by atoms with Crippen LogP contribution in [0.5, 0.6) is 0 Å². The van der Waals surface area contributed by atoms with E-state index in [-0.39, 0.29) is 12.0 Å². The zero-order valence-electron chi connectivity index (χ0n) is 12.1. The van der Waals surface area contributed by atoms with Crippen LogP contribution in [0.2, 0.25) is 0 Å². The lowest BCUT2D eigenvalue weighted by Gasteiger charge is -2.08. The number of allylic oxidation sites excluding steroid dienone is 3. The van der Waals surface area contributed by atoms with E-state index < -0.39 is 0 Å². The Labute approximate surface area is 117 Å². The van der Waals surface area contributed by atoms with E-state index in [1.165, 1.54) is 25.7 Å². The molecular formula is C16H27NO2. The van der Waals surface area contributed by atoms with Gasteiger partial charge in [-0.15, -0.1) is 0 Å². The van der Waals surface area contributed by atoms with Gasteiger partial charge in [0.25, 0.3) is 0 Å². The van der Waals surface area contributed by atoms with Crippen LogP contribution in [0.1, 0.15) is 51.9 Å². The monoisotopic (exact) mass is 265 g/mol. The molecule has 0 saturated carbocycles. The van der Waals surface area contributed by atoms with Crippen LogP contribution in [-0.2, 0) is 9.53 Å². The fraction of sp³-hybridized carbons (Fsp3) is 0.688. The molecule has 0 aromatic rings. The largest absolute Gasteiger partial charge is 0.376 e. The van der Waals surface area contributed by atoms with Crippen LogP contribution in [0.25, 0.3) is 0 Å². The van der Waals surface area contributed by atoms with Crippen molar-refractivity contribution in [1.82, 2.24) is 5.32 Å². The summed E-state index contributed by atoms with van der Waals surface area (Å²) in [6.45, 7) is 3.68. The summed E-state index contributed by atoms with van der Waals surface area (Å²) in [5.41, 5.74) is 0. The Morgan fingerprint density at radius 2 is 2.21 bits per heavy atom.